The molecular weight excluding hydrogens is 188 g/mol. The highest BCUT2D eigenvalue weighted by molar-refractivity contribution is 5.81. The van der Waals surface area contributed by atoms with Crippen molar-refractivity contribution in [1.82, 2.24) is 0 Å². The largest absolute Gasteiger partial charge is 0.463 e. The highest BCUT2D eigenvalue weighted by atomic mass is 16.5. The van der Waals surface area contributed by atoms with Crippen LogP contribution in [-0.4, -0.2) is 12.6 Å². The van der Waals surface area contributed by atoms with Gasteiger partial charge in [0.15, 0.2) is 0 Å². The summed E-state index contributed by atoms with van der Waals surface area (Å²) < 4.78 is 4.94. The molecular formula is C13H24O2. The summed E-state index contributed by atoms with van der Waals surface area (Å²) in [5.74, 6) is 0.292. The van der Waals surface area contributed by atoms with E-state index in [0.717, 1.165) is 6.42 Å². The topological polar surface area (TPSA) is 26.3 Å². The molecule has 0 saturated heterocycles. The van der Waals surface area contributed by atoms with Crippen LogP contribution in [0, 0.1) is 11.3 Å². The Morgan fingerprint density at radius 1 is 1.40 bits per heavy atom. The lowest BCUT2D eigenvalue weighted by Gasteiger charge is -2.20. The van der Waals surface area contributed by atoms with E-state index in [9.17, 15) is 4.79 Å². The van der Waals surface area contributed by atoms with Gasteiger partial charge in [0.05, 0.1) is 6.61 Å². The van der Waals surface area contributed by atoms with Crippen molar-refractivity contribution in [3.8, 4) is 0 Å². The van der Waals surface area contributed by atoms with Gasteiger partial charge in [-0.15, -0.1) is 0 Å². The van der Waals surface area contributed by atoms with Gasteiger partial charge in [0, 0.05) is 6.08 Å². The van der Waals surface area contributed by atoms with Gasteiger partial charge in [-0.1, -0.05) is 40.7 Å². The average molecular weight is 212 g/mol. The second-order valence-corrected chi connectivity index (χ2v) is 5.36. The third kappa shape index (κ3) is 9.51. The minimum atomic E-state index is -0.321. The van der Waals surface area contributed by atoms with Crippen LogP contribution in [0.4, 0.5) is 0 Å². The van der Waals surface area contributed by atoms with Crippen LogP contribution in [0.25, 0.3) is 0 Å². The summed E-state index contributed by atoms with van der Waals surface area (Å²) in [5, 5.41) is 0. The molecule has 0 aromatic carbocycles. The molecule has 15 heavy (non-hydrogen) atoms. The molecule has 1 atom stereocenters. The van der Waals surface area contributed by atoms with Crippen LogP contribution in [0.2, 0.25) is 0 Å². The van der Waals surface area contributed by atoms with Crippen molar-refractivity contribution in [3.05, 3.63) is 12.7 Å². The summed E-state index contributed by atoms with van der Waals surface area (Å²) in [6.45, 7) is 12.8. The molecule has 2 nitrogen and oxygen atoms in total. The number of carbonyl (C=O) groups excluding carboxylic acids is 1. The van der Waals surface area contributed by atoms with Gasteiger partial charge >= 0.3 is 5.97 Å². The van der Waals surface area contributed by atoms with Gasteiger partial charge in [0.1, 0.15) is 0 Å². The fourth-order valence-corrected chi connectivity index (χ4v) is 1.24. The number of hydrogen-bond acceptors (Lipinski definition) is 2. The molecule has 0 saturated carbocycles. The zero-order chi connectivity index (χ0) is 11.9. The van der Waals surface area contributed by atoms with Gasteiger partial charge in [0.2, 0.25) is 0 Å². The van der Waals surface area contributed by atoms with Crippen LogP contribution >= 0.6 is 0 Å². The van der Waals surface area contributed by atoms with Crippen molar-refractivity contribution in [3.63, 3.8) is 0 Å². The summed E-state index contributed by atoms with van der Waals surface area (Å²) in [4.78, 5) is 10.8. The van der Waals surface area contributed by atoms with E-state index >= 15 is 0 Å². The maximum absolute atomic E-state index is 10.8. The van der Waals surface area contributed by atoms with Gasteiger partial charge in [-0.2, -0.15) is 0 Å². The second kappa shape index (κ2) is 6.65. The van der Waals surface area contributed by atoms with Crippen LogP contribution < -0.4 is 0 Å². The van der Waals surface area contributed by atoms with E-state index in [-0.39, 0.29) is 5.97 Å². The quantitative estimate of drug-likeness (QED) is 0.497. The fraction of sp³-hybridized carbons (Fsp3) is 0.769. The standard InChI is InChI=1S/C13H24O2/c1-6-12(14)15-10-8-11(2)7-9-13(3,4)5/h6,11H,1,7-10H2,2-5H3. The molecule has 0 rings (SSSR count). The number of rotatable bonds is 6. The third-order valence-corrected chi connectivity index (χ3v) is 2.41. The summed E-state index contributed by atoms with van der Waals surface area (Å²) >= 11 is 0. The predicted molar refractivity (Wildman–Crippen MR) is 63.6 cm³/mol. The SMILES string of the molecule is C=CC(=O)OCCC(C)CCC(C)(C)C. The zero-order valence-corrected chi connectivity index (χ0v) is 10.5. The van der Waals surface area contributed by atoms with E-state index in [0.29, 0.717) is 17.9 Å². The zero-order valence-electron chi connectivity index (χ0n) is 10.5. The van der Waals surface area contributed by atoms with Gasteiger partial charge in [0.25, 0.3) is 0 Å². The normalized spacial score (nSPS) is 13.3. The number of hydrogen-bond donors (Lipinski definition) is 0. The summed E-state index contributed by atoms with van der Waals surface area (Å²) in [6.07, 6.45) is 4.55. The number of ether oxygens (including phenoxy) is 1. The molecule has 88 valence electrons. The van der Waals surface area contributed by atoms with E-state index in [1.165, 1.54) is 18.9 Å². The van der Waals surface area contributed by atoms with Crippen molar-refractivity contribution >= 4 is 5.97 Å². The summed E-state index contributed by atoms with van der Waals surface area (Å²) in [7, 11) is 0. The Morgan fingerprint density at radius 2 is 2.00 bits per heavy atom. The van der Waals surface area contributed by atoms with E-state index in [1.807, 2.05) is 0 Å². The summed E-state index contributed by atoms with van der Waals surface area (Å²) in [6, 6.07) is 0. The van der Waals surface area contributed by atoms with Crippen LogP contribution in [0.1, 0.15) is 47.0 Å². The Hall–Kier alpha value is -0.790. The van der Waals surface area contributed by atoms with Crippen molar-refractivity contribution in [2.45, 2.75) is 47.0 Å². The van der Waals surface area contributed by atoms with Crippen LogP contribution in [0.3, 0.4) is 0 Å². The minimum absolute atomic E-state index is 0.321. The highest BCUT2D eigenvalue weighted by Gasteiger charge is 2.12. The van der Waals surface area contributed by atoms with Crippen molar-refractivity contribution in [2.24, 2.45) is 11.3 Å². The lowest BCUT2D eigenvalue weighted by Crippen LogP contribution is -2.10. The fourth-order valence-electron chi connectivity index (χ4n) is 1.24. The van der Waals surface area contributed by atoms with E-state index in [2.05, 4.69) is 34.3 Å². The molecule has 0 amide bonds. The predicted octanol–water partition coefficient (Wildman–Crippen LogP) is 3.57. The van der Waals surface area contributed by atoms with E-state index in [4.69, 9.17) is 4.74 Å². The minimum Gasteiger partial charge on any atom is -0.463 e. The van der Waals surface area contributed by atoms with Crippen LogP contribution in [0.5, 0.6) is 0 Å². The molecule has 2 heteroatoms. The Bertz CT molecular complexity index is 201. The van der Waals surface area contributed by atoms with E-state index < -0.39 is 0 Å². The molecule has 0 heterocycles. The first-order chi connectivity index (χ1) is 6.85. The molecule has 0 aromatic rings. The Morgan fingerprint density at radius 3 is 2.47 bits per heavy atom. The van der Waals surface area contributed by atoms with Crippen molar-refractivity contribution < 1.29 is 9.53 Å². The second-order valence-electron chi connectivity index (χ2n) is 5.36. The molecule has 0 radical (unpaired) electrons. The first-order valence-corrected chi connectivity index (χ1v) is 5.64. The first-order valence-electron chi connectivity index (χ1n) is 5.64. The van der Waals surface area contributed by atoms with Gasteiger partial charge < -0.3 is 4.74 Å². The van der Waals surface area contributed by atoms with Crippen LogP contribution in [0.15, 0.2) is 12.7 Å². The lowest BCUT2D eigenvalue weighted by atomic mass is 9.86. The van der Waals surface area contributed by atoms with Crippen LogP contribution in [-0.2, 0) is 9.53 Å². The molecule has 0 aliphatic rings. The average Bonchev–Trinajstić information content (AvgIpc) is 2.13. The van der Waals surface area contributed by atoms with Crippen molar-refractivity contribution in [2.75, 3.05) is 6.61 Å². The Kier molecular flexibility index (Phi) is 6.30. The molecule has 0 spiro atoms. The lowest BCUT2D eigenvalue weighted by molar-refractivity contribution is -0.138. The van der Waals surface area contributed by atoms with E-state index in [1.54, 1.807) is 0 Å². The molecule has 1 unspecified atom stereocenters. The maximum atomic E-state index is 10.8. The molecule has 0 bridgehead atoms. The van der Waals surface area contributed by atoms with Gasteiger partial charge in [-0.3, -0.25) is 0 Å². The molecule has 0 fully saturated rings. The van der Waals surface area contributed by atoms with Crippen molar-refractivity contribution in [1.29, 1.82) is 0 Å². The molecule has 0 aliphatic heterocycles. The maximum Gasteiger partial charge on any atom is 0.330 e. The smallest absolute Gasteiger partial charge is 0.330 e. The Labute approximate surface area is 93.7 Å². The molecule has 0 N–H and O–H groups in total. The monoisotopic (exact) mass is 212 g/mol. The molecule has 0 aromatic heterocycles. The number of carbonyl (C=O) groups is 1. The molecule has 0 aliphatic carbocycles. The first kappa shape index (κ1) is 14.2. The Balaban J connectivity index is 3.53. The summed E-state index contributed by atoms with van der Waals surface area (Å²) in [5.41, 5.74) is 0.395. The van der Waals surface area contributed by atoms with Gasteiger partial charge in [-0.25, -0.2) is 4.79 Å². The third-order valence-electron chi connectivity index (χ3n) is 2.41. The van der Waals surface area contributed by atoms with Gasteiger partial charge in [-0.05, 0) is 24.2 Å². The highest BCUT2D eigenvalue weighted by Crippen LogP contribution is 2.24. The number of esters is 1.